The number of nitrogens with zero attached hydrogens (tertiary/aromatic N) is 1. The standard InChI is InChI=1S/C18H26N3O9P.2Na/c1-2-3-4-7-15(23)19-8-5-6-12-10-21(18(25)20-17(12)24)16-9-13(22)14(30-16)11-29-31(26,27)28;;/h10,13-14,16,22H,2-4,7-9,11H2,1H3,(H,19,23)(H,20,24,25)(H2,26,27,28);;/q;2*+1/p-2/t13-,14+,16+;;/m0../s1. The van der Waals surface area contributed by atoms with Crippen LogP contribution >= 0.6 is 7.82 Å². The van der Waals surface area contributed by atoms with Crippen LogP contribution in [0, 0.1) is 11.8 Å². The summed E-state index contributed by atoms with van der Waals surface area (Å²) in [6.07, 6.45) is 0.761. The number of carbonyl (C=O) groups is 1. The van der Waals surface area contributed by atoms with Gasteiger partial charge in [0, 0.05) is 19.0 Å². The second kappa shape index (κ2) is 15.7. The molecule has 1 aromatic rings. The Morgan fingerprint density at radius 2 is 2.09 bits per heavy atom. The van der Waals surface area contributed by atoms with Crippen LogP contribution in [0.4, 0.5) is 0 Å². The zero-order valence-corrected chi connectivity index (χ0v) is 23.8. The fourth-order valence-corrected chi connectivity index (χ4v) is 3.22. The molecule has 1 aliphatic heterocycles. The number of nitrogens with one attached hydrogen (secondary N) is 2. The van der Waals surface area contributed by atoms with Gasteiger partial charge in [0.2, 0.25) is 5.91 Å². The van der Waals surface area contributed by atoms with Crippen molar-refractivity contribution in [3.05, 3.63) is 32.6 Å². The van der Waals surface area contributed by atoms with E-state index in [1.807, 2.05) is 6.92 Å². The fourth-order valence-electron chi connectivity index (χ4n) is 2.90. The van der Waals surface area contributed by atoms with Crippen molar-refractivity contribution in [1.82, 2.24) is 14.9 Å². The summed E-state index contributed by atoms with van der Waals surface area (Å²) in [7, 11) is -5.25. The monoisotopic (exact) mass is 503 g/mol. The van der Waals surface area contributed by atoms with Crippen molar-refractivity contribution in [1.29, 1.82) is 0 Å². The summed E-state index contributed by atoms with van der Waals surface area (Å²) < 4.78 is 21.1. The van der Waals surface area contributed by atoms with Gasteiger partial charge >= 0.3 is 64.8 Å². The van der Waals surface area contributed by atoms with Gasteiger partial charge in [0.15, 0.2) is 0 Å². The number of unbranched alkanes of at least 4 members (excludes halogenated alkanes) is 2. The van der Waals surface area contributed by atoms with Crippen LogP contribution in [0.25, 0.3) is 0 Å². The van der Waals surface area contributed by atoms with Crippen molar-refractivity contribution in [2.75, 3.05) is 13.2 Å². The van der Waals surface area contributed by atoms with Gasteiger partial charge in [0.1, 0.15) is 17.9 Å². The second-order valence-corrected chi connectivity index (χ2v) is 8.07. The number of carbonyl (C=O) groups excluding carboxylic acids is 1. The molecule has 12 nitrogen and oxygen atoms in total. The predicted octanol–water partition coefficient (Wildman–Crippen LogP) is -7.91. The van der Waals surface area contributed by atoms with Crippen LogP contribution in [-0.4, -0.2) is 45.9 Å². The summed E-state index contributed by atoms with van der Waals surface area (Å²) >= 11 is 0. The molecule has 0 aromatic carbocycles. The number of rotatable bonds is 9. The summed E-state index contributed by atoms with van der Waals surface area (Å²) in [6.45, 7) is 1.35. The van der Waals surface area contributed by atoms with E-state index in [2.05, 4.69) is 26.7 Å². The minimum absolute atomic E-state index is 0. The van der Waals surface area contributed by atoms with Gasteiger partial charge in [-0.15, -0.1) is 0 Å². The van der Waals surface area contributed by atoms with Gasteiger partial charge in [0.25, 0.3) is 5.56 Å². The first-order valence-corrected chi connectivity index (χ1v) is 11.2. The third-order valence-corrected chi connectivity index (χ3v) is 4.95. The van der Waals surface area contributed by atoms with Gasteiger partial charge in [0.05, 0.1) is 27.1 Å². The van der Waals surface area contributed by atoms with Crippen molar-refractivity contribution in [3.63, 3.8) is 0 Å². The molecule has 15 heteroatoms. The number of ether oxygens (including phenoxy) is 1. The Morgan fingerprint density at radius 1 is 1.39 bits per heavy atom. The SMILES string of the molecule is CCCCCC(=O)NCC#Cc1cn([C@H]2C[C@H](O)[C@@H](COP(=O)([O-])[O-])O2)c(=O)[nH]c1=O.[Na+].[Na+]. The minimum Gasteiger partial charge on any atom is -0.790 e. The zero-order chi connectivity index (χ0) is 23.0. The molecule has 0 bridgehead atoms. The summed E-state index contributed by atoms with van der Waals surface area (Å²) in [6, 6.07) is 0. The van der Waals surface area contributed by atoms with Gasteiger partial charge in [-0.3, -0.25) is 19.1 Å². The maximum absolute atomic E-state index is 12.1. The minimum atomic E-state index is -5.25. The van der Waals surface area contributed by atoms with Crippen molar-refractivity contribution in [2.24, 2.45) is 0 Å². The number of aliphatic hydroxyl groups excluding tert-OH is 1. The fraction of sp³-hybridized carbons (Fsp3) is 0.611. The Labute approximate surface area is 234 Å². The van der Waals surface area contributed by atoms with Crippen LogP contribution in [-0.2, 0) is 18.6 Å². The number of phosphoric ester groups is 1. The molecule has 0 aliphatic carbocycles. The Kier molecular flexibility index (Phi) is 15.6. The van der Waals surface area contributed by atoms with Crippen molar-refractivity contribution >= 4 is 13.7 Å². The largest absolute Gasteiger partial charge is 1.00 e. The number of hydrogen-bond donors (Lipinski definition) is 3. The molecule has 1 aliphatic rings. The second-order valence-electron chi connectivity index (χ2n) is 6.92. The smallest absolute Gasteiger partial charge is 0.790 e. The molecule has 33 heavy (non-hydrogen) atoms. The first-order chi connectivity index (χ1) is 14.6. The molecule has 0 radical (unpaired) electrons. The van der Waals surface area contributed by atoms with Gasteiger partial charge in [-0.25, -0.2) is 4.79 Å². The van der Waals surface area contributed by atoms with E-state index in [1.165, 1.54) is 0 Å². The maximum Gasteiger partial charge on any atom is 1.00 e. The van der Waals surface area contributed by atoms with Crippen LogP contribution in [0.2, 0.25) is 0 Å². The Hall–Kier alpha value is -0.260. The quantitative estimate of drug-likeness (QED) is 0.127. The number of aromatic nitrogens is 2. The van der Waals surface area contributed by atoms with E-state index < -0.39 is 44.1 Å². The molecular weight excluding hydrogens is 479 g/mol. The van der Waals surface area contributed by atoms with Crippen LogP contribution in [0.3, 0.4) is 0 Å². The Bertz CT molecular complexity index is 998. The number of aromatic amines is 1. The molecule has 1 saturated heterocycles. The number of amides is 1. The van der Waals surface area contributed by atoms with E-state index in [-0.39, 0.29) is 83.6 Å². The zero-order valence-electron chi connectivity index (χ0n) is 18.9. The van der Waals surface area contributed by atoms with Crippen LogP contribution < -0.4 is 85.5 Å². The van der Waals surface area contributed by atoms with Crippen molar-refractivity contribution in [3.8, 4) is 11.8 Å². The van der Waals surface area contributed by atoms with Crippen LogP contribution in [0.15, 0.2) is 15.8 Å². The average Bonchev–Trinajstić information content (AvgIpc) is 3.05. The van der Waals surface area contributed by atoms with Gasteiger partial charge in [-0.05, 0) is 6.42 Å². The topological polar surface area (TPSA) is 186 Å². The van der Waals surface area contributed by atoms with Crippen molar-refractivity contribution in [2.45, 2.75) is 57.5 Å². The molecule has 2 rings (SSSR count). The van der Waals surface area contributed by atoms with E-state index in [1.54, 1.807) is 0 Å². The first-order valence-electron chi connectivity index (χ1n) is 9.72. The maximum atomic E-state index is 12.1. The van der Waals surface area contributed by atoms with Gasteiger partial charge in [-0.2, -0.15) is 0 Å². The van der Waals surface area contributed by atoms with Crippen LogP contribution in [0.5, 0.6) is 0 Å². The molecular formula is C18H24N3Na2O9P. The first kappa shape index (κ1) is 32.7. The number of H-pyrrole nitrogens is 1. The molecule has 1 aromatic heterocycles. The third kappa shape index (κ3) is 11.3. The molecule has 0 unspecified atom stereocenters. The Balaban J connectivity index is 0.00000512. The number of phosphoric acid groups is 1. The van der Waals surface area contributed by atoms with E-state index in [0.29, 0.717) is 6.42 Å². The van der Waals surface area contributed by atoms with E-state index in [9.17, 15) is 33.8 Å². The third-order valence-electron chi connectivity index (χ3n) is 4.48. The molecule has 0 saturated carbocycles. The molecule has 3 N–H and O–H groups in total. The molecule has 3 atom stereocenters. The molecule has 0 spiro atoms. The molecule has 1 fully saturated rings. The van der Waals surface area contributed by atoms with E-state index in [0.717, 1.165) is 30.0 Å². The average molecular weight is 503 g/mol. The van der Waals surface area contributed by atoms with Crippen LogP contribution in [0.1, 0.15) is 50.8 Å². The van der Waals surface area contributed by atoms with E-state index in [4.69, 9.17) is 4.74 Å². The molecule has 172 valence electrons. The van der Waals surface area contributed by atoms with Gasteiger partial charge < -0.3 is 34.0 Å². The summed E-state index contributed by atoms with van der Waals surface area (Å²) in [5, 5.41) is 12.6. The summed E-state index contributed by atoms with van der Waals surface area (Å²) in [4.78, 5) is 59.0. The Morgan fingerprint density at radius 3 is 2.73 bits per heavy atom. The normalized spacial score (nSPS) is 19.6. The summed E-state index contributed by atoms with van der Waals surface area (Å²) in [5.41, 5.74) is -1.63. The summed E-state index contributed by atoms with van der Waals surface area (Å²) in [5.74, 6) is 5.04. The predicted molar refractivity (Wildman–Crippen MR) is 103 cm³/mol. The number of aliphatic hydroxyl groups is 1. The van der Waals surface area contributed by atoms with Gasteiger partial charge in [-0.1, -0.05) is 31.6 Å². The molecule has 1 amide bonds. The van der Waals surface area contributed by atoms with Crippen molar-refractivity contribution < 1.29 is 92.6 Å². The van der Waals surface area contributed by atoms with E-state index >= 15 is 0 Å². The number of hydrogen-bond acceptors (Lipinski definition) is 9. The molecule has 2 heterocycles.